The number of hydrogen-bond acceptors (Lipinski definition) is 4. The summed E-state index contributed by atoms with van der Waals surface area (Å²) in [5.41, 5.74) is 0.806. The Bertz CT molecular complexity index is 691. The van der Waals surface area contributed by atoms with Crippen LogP contribution in [0, 0.1) is 12.7 Å². The lowest BCUT2D eigenvalue weighted by Gasteiger charge is -2.05. The molecule has 3 aromatic rings. The highest BCUT2D eigenvalue weighted by molar-refractivity contribution is 7.18. The van der Waals surface area contributed by atoms with Crippen molar-refractivity contribution in [2.75, 3.05) is 5.32 Å². The molecule has 0 aliphatic rings. The Morgan fingerprint density at radius 3 is 2.72 bits per heavy atom. The van der Waals surface area contributed by atoms with Crippen molar-refractivity contribution in [2.24, 2.45) is 0 Å². The summed E-state index contributed by atoms with van der Waals surface area (Å²) in [5, 5.41) is 4.17. The third-order valence-corrected chi connectivity index (χ3v) is 3.52. The lowest BCUT2D eigenvalue weighted by Crippen LogP contribution is -1.94. The zero-order valence-electron chi connectivity index (χ0n) is 9.64. The normalized spacial score (nSPS) is 10.8. The number of nitrogens with zero attached hydrogens (tertiary/aromatic N) is 2. The molecule has 0 fully saturated rings. The van der Waals surface area contributed by atoms with E-state index >= 15 is 0 Å². The maximum absolute atomic E-state index is 12.8. The Hall–Kier alpha value is -2.01. The summed E-state index contributed by atoms with van der Waals surface area (Å²) in [6.45, 7) is 2.04. The van der Waals surface area contributed by atoms with E-state index in [0.29, 0.717) is 0 Å². The van der Waals surface area contributed by atoms with Crippen LogP contribution in [-0.4, -0.2) is 9.97 Å². The number of rotatable bonds is 2. The van der Waals surface area contributed by atoms with E-state index in [2.05, 4.69) is 15.3 Å². The molecule has 1 N–H and O–H groups in total. The lowest BCUT2D eigenvalue weighted by molar-refractivity contribution is 0.628. The summed E-state index contributed by atoms with van der Waals surface area (Å²) in [6.07, 6.45) is 1.53. The molecule has 0 aliphatic heterocycles. The van der Waals surface area contributed by atoms with Crippen molar-refractivity contribution in [3.8, 4) is 0 Å². The highest BCUT2D eigenvalue weighted by atomic mass is 32.1. The Kier molecular flexibility index (Phi) is 2.68. The van der Waals surface area contributed by atoms with Gasteiger partial charge in [0.25, 0.3) is 0 Å². The van der Waals surface area contributed by atoms with Gasteiger partial charge in [0, 0.05) is 10.6 Å². The average molecular weight is 259 g/mol. The van der Waals surface area contributed by atoms with Gasteiger partial charge in [0.1, 0.15) is 22.8 Å². The minimum atomic E-state index is -0.250. The van der Waals surface area contributed by atoms with Crippen LogP contribution in [0.5, 0.6) is 0 Å². The average Bonchev–Trinajstić information content (AvgIpc) is 2.73. The number of benzene rings is 1. The SMILES string of the molecule is Cc1cc2c(Nc3ccc(F)cc3)ncnc2s1. The number of hydrogen-bond donors (Lipinski definition) is 1. The van der Waals surface area contributed by atoms with Gasteiger partial charge in [0.15, 0.2) is 0 Å². The van der Waals surface area contributed by atoms with Gasteiger partial charge in [-0.1, -0.05) is 0 Å². The van der Waals surface area contributed by atoms with Crippen molar-refractivity contribution < 1.29 is 4.39 Å². The van der Waals surface area contributed by atoms with Crippen molar-refractivity contribution in [1.29, 1.82) is 0 Å². The first-order valence-electron chi connectivity index (χ1n) is 5.46. The van der Waals surface area contributed by atoms with Gasteiger partial charge in [-0.05, 0) is 37.3 Å². The molecule has 2 aromatic heterocycles. The van der Waals surface area contributed by atoms with Gasteiger partial charge in [0.2, 0.25) is 0 Å². The second-order valence-electron chi connectivity index (χ2n) is 3.93. The first-order valence-corrected chi connectivity index (χ1v) is 6.28. The molecule has 90 valence electrons. The topological polar surface area (TPSA) is 37.8 Å². The van der Waals surface area contributed by atoms with Gasteiger partial charge in [-0.3, -0.25) is 0 Å². The van der Waals surface area contributed by atoms with E-state index in [4.69, 9.17) is 0 Å². The molecule has 0 saturated carbocycles. The molecular weight excluding hydrogens is 249 g/mol. The van der Waals surface area contributed by atoms with Crippen LogP contribution >= 0.6 is 11.3 Å². The fourth-order valence-electron chi connectivity index (χ4n) is 1.75. The number of anilines is 2. The van der Waals surface area contributed by atoms with E-state index in [1.165, 1.54) is 23.3 Å². The van der Waals surface area contributed by atoms with Crippen LogP contribution in [0.3, 0.4) is 0 Å². The van der Waals surface area contributed by atoms with E-state index in [-0.39, 0.29) is 5.82 Å². The molecule has 3 nitrogen and oxygen atoms in total. The highest BCUT2D eigenvalue weighted by Crippen LogP contribution is 2.29. The Balaban J connectivity index is 2.01. The first-order chi connectivity index (χ1) is 8.72. The molecule has 0 aliphatic carbocycles. The Morgan fingerprint density at radius 1 is 1.17 bits per heavy atom. The van der Waals surface area contributed by atoms with Gasteiger partial charge < -0.3 is 5.32 Å². The third kappa shape index (κ3) is 2.04. The number of fused-ring (bicyclic) bond motifs is 1. The van der Waals surface area contributed by atoms with E-state index in [0.717, 1.165) is 21.7 Å². The zero-order valence-corrected chi connectivity index (χ0v) is 10.5. The lowest BCUT2D eigenvalue weighted by atomic mass is 10.3. The van der Waals surface area contributed by atoms with E-state index in [1.807, 2.05) is 13.0 Å². The third-order valence-electron chi connectivity index (χ3n) is 2.56. The van der Waals surface area contributed by atoms with Gasteiger partial charge >= 0.3 is 0 Å². The second kappa shape index (κ2) is 4.34. The molecule has 0 atom stereocenters. The number of aromatic nitrogens is 2. The monoisotopic (exact) mass is 259 g/mol. The predicted octanol–water partition coefficient (Wildman–Crippen LogP) is 3.88. The van der Waals surface area contributed by atoms with Crippen LogP contribution in [0.2, 0.25) is 0 Å². The summed E-state index contributed by atoms with van der Waals surface area (Å²) in [7, 11) is 0. The van der Waals surface area contributed by atoms with Crippen molar-refractivity contribution in [2.45, 2.75) is 6.92 Å². The second-order valence-corrected chi connectivity index (χ2v) is 5.16. The van der Waals surface area contributed by atoms with Gasteiger partial charge in [-0.25, -0.2) is 14.4 Å². The smallest absolute Gasteiger partial charge is 0.142 e. The largest absolute Gasteiger partial charge is 0.340 e. The van der Waals surface area contributed by atoms with Crippen LogP contribution in [0.15, 0.2) is 36.7 Å². The molecular formula is C13H10FN3S. The van der Waals surface area contributed by atoms with Crippen molar-refractivity contribution >= 4 is 33.1 Å². The Labute approximate surface area is 107 Å². The van der Waals surface area contributed by atoms with Gasteiger partial charge in [0.05, 0.1) is 5.39 Å². The van der Waals surface area contributed by atoms with Crippen molar-refractivity contribution in [3.63, 3.8) is 0 Å². The molecule has 5 heteroatoms. The summed E-state index contributed by atoms with van der Waals surface area (Å²) in [6, 6.07) is 8.25. The number of aryl methyl sites for hydroxylation is 1. The van der Waals surface area contributed by atoms with Crippen LogP contribution in [0.4, 0.5) is 15.9 Å². The van der Waals surface area contributed by atoms with Crippen LogP contribution in [-0.2, 0) is 0 Å². The molecule has 18 heavy (non-hydrogen) atoms. The van der Waals surface area contributed by atoms with Crippen LogP contribution in [0.25, 0.3) is 10.2 Å². The molecule has 0 spiro atoms. The molecule has 3 rings (SSSR count). The van der Waals surface area contributed by atoms with Crippen molar-refractivity contribution in [1.82, 2.24) is 9.97 Å². The summed E-state index contributed by atoms with van der Waals surface area (Å²) in [5.74, 6) is 0.496. The van der Waals surface area contributed by atoms with Gasteiger partial charge in [-0.2, -0.15) is 0 Å². The molecule has 0 bridgehead atoms. The summed E-state index contributed by atoms with van der Waals surface area (Å²) >= 11 is 1.63. The standard InChI is InChI=1S/C13H10FN3S/c1-8-6-11-12(15-7-16-13(11)18-8)17-10-4-2-9(14)3-5-10/h2-7H,1H3,(H,15,16,17). The fraction of sp³-hybridized carbons (Fsp3) is 0.0769. The maximum Gasteiger partial charge on any atom is 0.142 e. The molecule has 0 saturated heterocycles. The van der Waals surface area contributed by atoms with Crippen LogP contribution < -0.4 is 5.32 Å². The highest BCUT2D eigenvalue weighted by Gasteiger charge is 2.06. The number of nitrogens with one attached hydrogen (secondary N) is 1. The minimum absolute atomic E-state index is 0.250. The van der Waals surface area contributed by atoms with Gasteiger partial charge in [-0.15, -0.1) is 11.3 Å². The molecule has 0 radical (unpaired) electrons. The summed E-state index contributed by atoms with van der Waals surface area (Å²) in [4.78, 5) is 10.6. The molecule has 2 heterocycles. The molecule has 0 amide bonds. The maximum atomic E-state index is 12.8. The quantitative estimate of drug-likeness (QED) is 0.758. The minimum Gasteiger partial charge on any atom is -0.340 e. The predicted molar refractivity (Wildman–Crippen MR) is 71.8 cm³/mol. The van der Waals surface area contributed by atoms with E-state index < -0.39 is 0 Å². The first kappa shape index (κ1) is 11.1. The van der Waals surface area contributed by atoms with E-state index in [1.54, 1.807) is 23.5 Å². The zero-order chi connectivity index (χ0) is 12.5. The number of halogens is 1. The molecule has 1 aromatic carbocycles. The van der Waals surface area contributed by atoms with Crippen molar-refractivity contribution in [3.05, 3.63) is 47.4 Å². The summed E-state index contributed by atoms with van der Waals surface area (Å²) < 4.78 is 12.8. The number of thiophene rings is 1. The van der Waals surface area contributed by atoms with E-state index in [9.17, 15) is 4.39 Å². The Morgan fingerprint density at radius 2 is 1.94 bits per heavy atom. The fourth-order valence-corrected chi connectivity index (χ4v) is 2.59. The van der Waals surface area contributed by atoms with Crippen LogP contribution in [0.1, 0.15) is 4.88 Å². The molecule has 0 unspecified atom stereocenters.